The lowest BCUT2D eigenvalue weighted by molar-refractivity contribution is -0.141. The zero-order valence-corrected chi connectivity index (χ0v) is 19.2. The summed E-state index contributed by atoms with van der Waals surface area (Å²) in [5.41, 5.74) is -0.336. The Bertz CT molecular complexity index is 907. The first-order valence-corrected chi connectivity index (χ1v) is 11.6. The van der Waals surface area contributed by atoms with Crippen molar-refractivity contribution in [1.82, 2.24) is 20.2 Å². The van der Waals surface area contributed by atoms with E-state index in [4.69, 9.17) is 9.47 Å². The van der Waals surface area contributed by atoms with Gasteiger partial charge in [0.15, 0.2) is 5.16 Å². The van der Waals surface area contributed by atoms with Gasteiger partial charge in [0.2, 0.25) is 5.91 Å². The summed E-state index contributed by atoms with van der Waals surface area (Å²) in [4.78, 5) is 22.3. The minimum Gasteiger partial charge on any atom is -0.497 e. The van der Waals surface area contributed by atoms with E-state index in [1.807, 2.05) is 0 Å². The number of aromatic nitrogens is 2. The van der Waals surface area contributed by atoms with Crippen LogP contribution in [0.2, 0.25) is 0 Å². The summed E-state index contributed by atoms with van der Waals surface area (Å²) in [7, 11) is 1.51. The van der Waals surface area contributed by atoms with Crippen LogP contribution >= 0.6 is 11.8 Å². The van der Waals surface area contributed by atoms with Gasteiger partial charge in [0.25, 0.3) is 0 Å². The molecule has 3 rings (SSSR count). The average Bonchev–Trinajstić information content (AvgIpc) is 2.82. The number of amides is 1. The molecule has 0 spiro atoms. The van der Waals surface area contributed by atoms with E-state index in [-0.39, 0.29) is 28.9 Å². The van der Waals surface area contributed by atoms with Crippen LogP contribution in [0.1, 0.15) is 18.5 Å². The van der Waals surface area contributed by atoms with Gasteiger partial charge in [-0.2, -0.15) is 13.2 Å². The molecule has 0 saturated carbocycles. The van der Waals surface area contributed by atoms with Gasteiger partial charge in [-0.15, -0.1) is 0 Å². The summed E-state index contributed by atoms with van der Waals surface area (Å²) in [6.45, 7) is 4.73. The molecule has 1 fully saturated rings. The minimum absolute atomic E-state index is 0.0178. The first kappa shape index (κ1) is 25.3. The van der Waals surface area contributed by atoms with Gasteiger partial charge in [0.1, 0.15) is 11.4 Å². The smallest absolute Gasteiger partial charge is 0.433 e. The number of nitrogens with zero attached hydrogens (tertiary/aromatic N) is 3. The molecule has 0 radical (unpaired) electrons. The van der Waals surface area contributed by atoms with Crippen molar-refractivity contribution in [3.8, 4) is 17.0 Å². The highest BCUT2D eigenvalue weighted by molar-refractivity contribution is 7.99. The summed E-state index contributed by atoms with van der Waals surface area (Å²) in [6.07, 6.45) is -3.60. The second-order valence-corrected chi connectivity index (χ2v) is 8.47. The standard InChI is InChI=1S/C22H27F3N4O3S/c1-31-17-5-3-16(4-6-17)18-15-19(22(23,24)25)28-21(27-18)33-14-7-20(30)26-8-2-9-29-10-12-32-13-11-29/h3-6,15H,2,7-14H2,1H3,(H,26,30). The molecule has 2 aromatic rings. The zero-order chi connectivity index (χ0) is 23.7. The Morgan fingerprint density at radius 1 is 1.21 bits per heavy atom. The number of halogens is 3. The van der Waals surface area contributed by atoms with E-state index in [0.717, 1.165) is 57.1 Å². The summed E-state index contributed by atoms with van der Waals surface area (Å²) in [6, 6.07) is 7.51. The molecule has 1 amide bonds. The van der Waals surface area contributed by atoms with Crippen molar-refractivity contribution >= 4 is 17.7 Å². The Morgan fingerprint density at radius 2 is 1.94 bits per heavy atom. The number of rotatable bonds is 10. The Morgan fingerprint density at radius 3 is 2.61 bits per heavy atom. The molecule has 0 atom stereocenters. The lowest BCUT2D eigenvalue weighted by Crippen LogP contribution is -2.38. The molecule has 0 unspecified atom stereocenters. The highest BCUT2D eigenvalue weighted by Crippen LogP contribution is 2.32. The molecule has 0 bridgehead atoms. The van der Waals surface area contributed by atoms with Crippen LogP contribution in [-0.4, -0.2) is 73.0 Å². The molecule has 1 aliphatic rings. The van der Waals surface area contributed by atoms with E-state index in [2.05, 4.69) is 20.2 Å². The van der Waals surface area contributed by atoms with Gasteiger partial charge in [0.05, 0.1) is 26.0 Å². The molecule has 7 nitrogen and oxygen atoms in total. The van der Waals surface area contributed by atoms with Crippen LogP contribution < -0.4 is 10.1 Å². The van der Waals surface area contributed by atoms with Crippen molar-refractivity contribution in [3.05, 3.63) is 36.0 Å². The summed E-state index contributed by atoms with van der Waals surface area (Å²) in [5, 5.41) is 2.83. The number of ether oxygens (including phenoxy) is 2. The number of hydrogen-bond donors (Lipinski definition) is 1. The normalized spacial score (nSPS) is 14.8. The van der Waals surface area contributed by atoms with Crippen molar-refractivity contribution in [1.29, 1.82) is 0 Å². The van der Waals surface area contributed by atoms with E-state index in [0.29, 0.717) is 17.9 Å². The number of nitrogens with one attached hydrogen (secondary N) is 1. The lowest BCUT2D eigenvalue weighted by atomic mass is 10.1. The number of alkyl halides is 3. The van der Waals surface area contributed by atoms with Crippen molar-refractivity contribution in [2.45, 2.75) is 24.2 Å². The quantitative estimate of drug-likeness (QED) is 0.314. The third kappa shape index (κ3) is 8.17. The van der Waals surface area contributed by atoms with Gasteiger partial charge >= 0.3 is 6.18 Å². The predicted molar refractivity (Wildman–Crippen MR) is 119 cm³/mol. The first-order chi connectivity index (χ1) is 15.8. The molecular formula is C22H27F3N4O3S. The van der Waals surface area contributed by atoms with Gasteiger partial charge in [-0.3, -0.25) is 9.69 Å². The number of carbonyl (C=O) groups is 1. The van der Waals surface area contributed by atoms with Crippen LogP contribution in [0, 0.1) is 0 Å². The highest BCUT2D eigenvalue weighted by Gasteiger charge is 2.33. The summed E-state index contributed by atoms with van der Waals surface area (Å²) >= 11 is 1.03. The van der Waals surface area contributed by atoms with Gasteiger partial charge in [-0.05, 0) is 43.3 Å². The fourth-order valence-electron chi connectivity index (χ4n) is 3.22. The number of benzene rings is 1. The number of methoxy groups -OCH3 is 1. The molecule has 1 saturated heterocycles. The predicted octanol–water partition coefficient (Wildman–Crippen LogP) is 3.49. The monoisotopic (exact) mass is 484 g/mol. The molecule has 180 valence electrons. The third-order valence-electron chi connectivity index (χ3n) is 5.02. The van der Waals surface area contributed by atoms with Crippen molar-refractivity contribution in [2.24, 2.45) is 0 Å². The lowest BCUT2D eigenvalue weighted by Gasteiger charge is -2.26. The molecule has 1 N–H and O–H groups in total. The average molecular weight is 485 g/mol. The number of hydrogen-bond acceptors (Lipinski definition) is 7. The van der Waals surface area contributed by atoms with Crippen LogP contribution in [0.15, 0.2) is 35.5 Å². The molecule has 1 aliphatic heterocycles. The van der Waals surface area contributed by atoms with Crippen LogP contribution in [0.3, 0.4) is 0 Å². The van der Waals surface area contributed by atoms with Crippen LogP contribution in [-0.2, 0) is 15.7 Å². The third-order valence-corrected chi connectivity index (χ3v) is 5.87. The van der Waals surface area contributed by atoms with Gasteiger partial charge in [-0.1, -0.05) is 11.8 Å². The first-order valence-electron chi connectivity index (χ1n) is 10.7. The van der Waals surface area contributed by atoms with Crippen LogP contribution in [0.25, 0.3) is 11.3 Å². The van der Waals surface area contributed by atoms with E-state index in [1.54, 1.807) is 24.3 Å². The maximum absolute atomic E-state index is 13.3. The maximum Gasteiger partial charge on any atom is 0.433 e. The van der Waals surface area contributed by atoms with Crippen LogP contribution in [0.4, 0.5) is 13.2 Å². The highest BCUT2D eigenvalue weighted by atomic mass is 32.2. The summed E-state index contributed by atoms with van der Waals surface area (Å²) < 4.78 is 50.4. The van der Waals surface area contributed by atoms with Gasteiger partial charge in [0, 0.05) is 37.4 Å². The van der Waals surface area contributed by atoms with Gasteiger partial charge in [-0.25, -0.2) is 9.97 Å². The van der Waals surface area contributed by atoms with Crippen LogP contribution in [0.5, 0.6) is 5.75 Å². The Balaban J connectivity index is 1.52. The minimum atomic E-state index is -4.60. The maximum atomic E-state index is 13.3. The molecule has 33 heavy (non-hydrogen) atoms. The Hall–Kier alpha value is -2.37. The number of morpholine rings is 1. The second kappa shape index (κ2) is 12.2. The Labute approximate surface area is 195 Å². The van der Waals surface area contributed by atoms with Gasteiger partial charge < -0.3 is 14.8 Å². The second-order valence-electron chi connectivity index (χ2n) is 7.40. The zero-order valence-electron chi connectivity index (χ0n) is 18.4. The van der Waals surface area contributed by atoms with Crippen molar-refractivity contribution < 1.29 is 27.4 Å². The fraction of sp³-hybridized carbons (Fsp3) is 0.500. The molecule has 2 heterocycles. The van der Waals surface area contributed by atoms with Crippen molar-refractivity contribution in [2.75, 3.05) is 52.3 Å². The summed E-state index contributed by atoms with van der Waals surface area (Å²) in [5.74, 6) is 0.722. The molecule has 1 aromatic heterocycles. The van der Waals surface area contributed by atoms with E-state index in [9.17, 15) is 18.0 Å². The molecular weight excluding hydrogens is 457 g/mol. The van der Waals surface area contributed by atoms with E-state index in [1.165, 1.54) is 7.11 Å². The molecule has 0 aliphatic carbocycles. The molecule has 11 heteroatoms. The number of carbonyl (C=O) groups excluding carboxylic acids is 1. The van der Waals surface area contributed by atoms with E-state index >= 15 is 0 Å². The fourth-order valence-corrected chi connectivity index (χ4v) is 4.02. The SMILES string of the molecule is COc1ccc(-c2cc(C(F)(F)F)nc(SCCC(=O)NCCCN3CCOCC3)n2)cc1. The van der Waals surface area contributed by atoms with Crippen molar-refractivity contribution in [3.63, 3.8) is 0 Å². The topological polar surface area (TPSA) is 76.6 Å². The number of thioether (sulfide) groups is 1. The Kier molecular flexibility index (Phi) is 9.33. The van der Waals surface area contributed by atoms with E-state index < -0.39 is 11.9 Å². The molecule has 1 aromatic carbocycles. The largest absolute Gasteiger partial charge is 0.497 e.